The van der Waals surface area contributed by atoms with E-state index in [9.17, 15) is 8.42 Å². The van der Waals surface area contributed by atoms with Crippen LogP contribution in [-0.2, 0) is 10.0 Å². The van der Waals surface area contributed by atoms with Crippen LogP contribution in [0.4, 0.5) is 0 Å². The second-order valence-electron chi connectivity index (χ2n) is 3.36. The predicted octanol–water partition coefficient (Wildman–Crippen LogP) is 1.42. The lowest BCUT2D eigenvalue weighted by Crippen LogP contribution is -2.23. The Balaban J connectivity index is 2.19. The lowest BCUT2D eigenvalue weighted by atomic mass is 10.3. The lowest BCUT2D eigenvalue weighted by Gasteiger charge is -2.03. The van der Waals surface area contributed by atoms with Crippen molar-refractivity contribution in [3.8, 4) is 5.75 Å². The molecular formula is C10H15NO3S2. The van der Waals surface area contributed by atoms with Crippen LogP contribution in [0.25, 0.3) is 0 Å². The van der Waals surface area contributed by atoms with Gasteiger partial charge in [0, 0.05) is 11.4 Å². The fraction of sp³-hybridized carbons (Fsp3) is 0.400. The maximum Gasteiger partial charge on any atom is 0.208 e. The molecule has 0 saturated carbocycles. The third-order valence-corrected chi connectivity index (χ3v) is 3.62. The van der Waals surface area contributed by atoms with Crippen molar-refractivity contribution in [2.45, 2.75) is 11.3 Å². The Kier molecular flexibility index (Phi) is 5.11. The molecule has 1 rings (SSSR count). The summed E-state index contributed by atoms with van der Waals surface area (Å²) in [5.41, 5.74) is 0. The monoisotopic (exact) mass is 261 g/mol. The Labute approximate surface area is 100 Å². The van der Waals surface area contributed by atoms with E-state index < -0.39 is 10.0 Å². The molecule has 90 valence electrons. The summed E-state index contributed by atoms with van der Waals surface area (Å²) in [5.74, 6) is 1.09. The number of phenolic OH excluding ortho intramolecular Hbond substituents is 1. The van der Waals surface area contributed by atoms with E-state index in [1.54, 1.807) is 23.9 Å². The van der Waals surface area contributed by atoms with Gasteiger partial charge in [0.1, 0.15) is 5.75 Å². The molecule has 0 spiro atoms. The van der Waals surface area contributed by atoms with Crippen LogP contribution in [0.15, 0.2) is 29.2 Å². The number of rotatable bonds is 6. The Hall–Kier alpha value is -0.720. The summed E-state index contributed by atoms with van der Waals surface area (Å²) in [5, 5.41) is 9.07. The second kappa shape index (κ2) is 6.12. The third-order valence-electron chi connectivity index (χ3n) is 1.79. The minimum Gasteiger partial charge on any atom is -0.508 e. The van der Waals surface area contributed by atoms with E-state index in [1.807, 2.05) is 12.1 Å². The predicted molar refractivity (Wildman–Crippen MR) is 66.3 cm³/mol. The zero-order valence-corrected chi connectivity index (χ0v) is 10.6. The highest BCUT2D eigenvalue weighted by molar-refractivity contribution is 7.99. The van der Waals surface area contributed by atoms with E-state index in [4.69, 9.17) is 5.11 Å². The third kappa shape index (κ3) is 5.99. The van der Waals surface area contributed by atoms with Gasteiger partial charge < -0.3 is 5.11 Å². The Morgan fingerprint density at radius 2 is 1.94 bits per heavy atom. The Morgan fingerprint density at radius 1 is 1.31 bits per heavy atom. The molecule has 6 heteroatoms. The molecule has 1 aromatic rings. The Bertz CT molecular complexity index is 414. The summed E-state index contributed by atoms with van der Waals surface area (Å²) in [6.07, 6.45) is 1.93. The number of thioether (sulfide) groups is 1. The summed E-state index contributed by atoms with van der Waals surface area (Å²) in [6, 6.07) is 6.95. The number of hydrogen-bond acceptors (Lipinski definition) is 4. The van der Waals surface area contributed by atoms with Gasteiger partial charge >= 0.3 is 0 Å². The van der Waals surface area contributed by atoms with Gasteiger partial charge in [-0.2, -0.15) is 0 Å². The highest BCUT2D eigenvalue weighted by Crippen LogP contribution is 2.20. The zero-order valence-electron chi connectivity index (χ0n) is 9.01. The van der Waals surface area contributed by atoms with Gasteiger partial charge in [-0.15, -0.1) is 11.8 Å². The van der Waals surface area contributed by atoms with Crippen molar-refractivity contribution in [3.05, 3.63) is 24.3 Å². The highest BCUT2D eigenvalue weighted by Gasteiger charge is 1.99. The van der Waals surface area contributed by atoms with Crippen molar-refractivity contribution in [3.63, 3.8) is 0 Å². The van der Waals surface area contributed by atoms with E-state index >= 15 is 0 Å². The van der Waals surface area contributed by atoms with E-state index in [-0.39, 0.29) is 5.75 Å². The number of sulfonamides is 1. The molecule has 0 bridgehead atoms. The lowest BCUT2D eigenvalue weighted by molar-refractivity contribution is 0.475. The average molecular weight is 261 g/mol. The van der Waals surface area contributed by atoms with E-state index in [2.05, 4.69) is 4.72 Å². The molecule has 0 heterocycles. The number of hydrogen-bond donors (Lipinski definition) is 2. The molecule has 0 aliphatic carbocycles. The quantitative estimate of drug-likeness (QED) is 0.600. The minimum absolute atomic E-state index is 0.253. The van der Waals surface area contributed by atoms with Crippen LogP contribution in [0.2, 0.25) is 0 Å². The van der Waals surface area contributed by atoms with Crippen LogP contribution in [0, 0.1) is 0 Å². The molecule has 0 fully saturated rings. The first-order chi connectivity index (χ1) is 7.47. The van der Waals surface area contributed by atoms with Gasteiger partial charge in [-0.1, -0.05) is 0 Å². The average Bonchev–Trinajstić information content (AvgIpc) is 2.19. The molecule has 2 N–H and O–H groups in total. The Morgan fingerprint density at radius 3 is 2.50 bits per heavy atom. The van der Waals surface area contributed by atoms with E-state index in [0.717, 1.165) is 23.3 Å². The molecule has 0 aliphatic rings. The molecule has 4 nitrogen and oxygen atoms in total. The van der Waals surface area contributed by atoms with Crippen molar-refractivity contribution < 1.29 is 13.5 Å². The molecular weight excluding hydrogens is 246 g/mol. The smallest absolute Gasteiger partial charge is 0.208 e. The van der Waals surface area contributed by atoms with Crippen LogP contribution >= 0.6 is 11.8 Å². The summed E-state index contributed by atoms with van der Waals surface area (Å²) >= 11 is 1.63. The summed E-state index contributed by atoms with van der Waals surface area (Å²) in [4.78, 5) is 1.07. The topological polar surface area (TPSA) is 66.4 Å². The molecule has 0 aromatic heterocycles. The van der Waals surface area contributed by atoms with Gasteiger partial charge in [0.2, 0.25) is 10.0 Å². The zero-order chi connectivity index (χ0) is 12.0. The highest BCUT2D eigenvalue weighted by atomic mass is 32.2. The van der Waals surface area contributed by atoms with Gasteiger partial charge in [0.05, 0.1) is 6.26 Å². The fourth-order valence-electron chi connectivity index (χ4n) is 1.06. The second-order valence-corrected chi connectivity index (χ2v) is 6.36. The molecule has 0 saturated heterocycles. The number of phenols is 1. The first-order valence-electron chi connectivity index (χ1n) is 4.84. The molecule has 0 radical (unpaired) electrons. The maximum atomic E-state index is 10.8. The number of aromatic hydroxyl groups is 1. The van der Waals surface area contributed by atoms with Crippen LogP contribution in [0.3, 0.4) is 0 Å². The number of benzene rings is 1. The maximum absolute atomic E-state index is 10.8. The van der Waals surface area contributed by atoms with Gasteiger partial charge in [-0.25, -0.2) is 13.1 Å². The van der Waals surface area contributed by atoms with Gasteiger partial charge in [0.15, 0.2) is 0 Å². The van der Waals surface area contributed by atoms with Crippen LogP contribution in [0.1, 0.15) is 6.42 Å². The molecule has 0 amide bonds. The summed E-state index contributed by atoms with van der Waals surface area (Å²) < 4.78 is 23.9. The van der Waals surface area contributed by atoms with Gasteiger partial charge in [-0.05, 0) is 36.4 Å². The van der Waals surface area contributed by atoms with Crippen molar-refractivity contribution >= 4 is 21.8 Å². The molecule has 0 unspecified atom stereocenters. The minimum atomic E-state index is -3.07. The van der Waals surface area contributed by atoms with Gasteiger partial charge in [0.25, 0.3) is 0 Å². The molecule has 1 aromatic carbocycles. The first kappa shape index (κ1) is 13.3. The SMILES string of the molecule is CS(=O)(=O)NCCCSc1ccc(O)cc1. The molecule has 0 atom stereocenters. The summed E-state index contributed by atoms with van der Waals surface area (Å²) in [7, 11) is -3.07. The molecule has 0 aliphatic heterocycles. The fourth-order valence-corrected chi connectivity index (χ4v) is 2.43. The van der Waals surface area contributed by atoms with Crippen molar-refractivity contribution in [2.24, 2.45) is 0 Å². The first-order valence-corrected chi connectivity index (χ1v) is 7.71. The van der Waals surface area contributed by atoms with E-state index in [1.165, 1.54) is 0 Å². The van der Waals surface area contributed by atoms with Crippen molar-refractivity contribution in [1.29, 1.82) is 0 Å². The van der Waals surface area contributed by atoms with Crippen molar-refractivity contribution in [2.75, 3.05) is 18.6 Å². The number of nitrogens with one attached hydrogen (secondary N) is 1. The molecule has 16 heavy (non-hydrogen) atoms. The van der Waals surface area contributed by atoms with Crippen LogP contribution in [-0.4, -0.2) is 32.1 Å². The van der Waals surface area contributed by atoms with E-state index in [0.29, 0.717) is 6.54 Å². The summed E-state index contributed by atoms with van der Waals surface area (Å²) in [6.45, 7) is 0.462. The largest absolute Gasteiger partial charge is 0.508 e. The van der Waals surface area contributed by atoms with Crippen LogP contribution in [0.5, 0.6) is 5.75 Å². The van der Waals surface area contributed by atoms with Crippen molar-refractivity contribution in [1.82, 2.24) is 4.72 Å². The standard InChI is InChI=1S/C10H15NO3S2/c1-16(13,14)11-7-2-8-15-10-5-3-9(12)4-6-10/h3-6,11-12H,2,7-8H2,1H3. The normalized spacial score (nSPS) is 11.6. The van der Waals surface area contributed by atoms with Gasteiger partial charge in [-0.3, -0.25) is 0 Å². The van der Waals surface area contributed by atoms with Crippen LogP contribution < -0.4 is 4.72 Å².